The monoisotopic (exact) mass is 572 g/mol. The number of aromatic nitrogens is 1. The van der Waals surface area contributed by atoms with Gasteiger partial charge in [0.25, 0.3) is 15.9 Å². The number of likely N-dealkylation sites (N-methyl/N-ethyl adjacent to an activating group) is 1. The lowest BCUT2D eigenvalue weighted by atomic mass is 10.0. The normalized spacial score (nSPS) is 21.4. The van der Waals surface area contributed by atoms with E-state index in [1.54, 1.807) is 79.1 Å². The second-order valence-electron chi connectivity index (χ2n) is 10.1. The molecule has 0 fully saturated rings. The van der Waals surface area contributed by atoms with E-state index in [0.29, 0.717) is 36.7 Å². The maximum atomic E-state index is 13.5. The van der Waals surface area contributed by atoms with E-state index in [4.69, 9.17) is 9.47 Å². The summed E-state index contributed by atoms with van der Waals surface area (Å²) in [5.41, 5.74) is 1.64. The smallest absolute Gasteiger partial charge is 0.261 e. The van der Waals surface area contributed by atoms with Gasteiger partial charge in [-0.15, -0.1) is 11.3 Å². The summed E-state index contributed by atoms with van der Waals surface area (Å²) < 4.78 is 40.7. The fourth-order valence-electron chi connectivity index (χ4n) is 4.57. The molecular formula is C28H36N4O5S2. The van der Waals surface area contributed by atoms with E-state index in [-0.39, 0.29) is 28.9 Å². The van der Waals surface area contributed by atoms with Gasteiger partial charge in [0.1, 0.15) is 17.4 Å². The third-order valence-corrected chi connectivity index (χ3v) is 9.14. The van der Waals surface area contributed by atoms with Crippen molar-refractivity contribution in [3.8, 4) is 5.75 Å². The molecule has 1 aliphatic rings. The molecule has 3 aromatic rings. The van der Waals surface area contributed by atoms with Gasteiger partial charge in [0, 0.05) is 50.9 Å². The standard InChI is InChI=1S/C28H36N4O5S2/c1-19-6-9-23(10-7-19)39(34,35)30-22-8-11-24-25(14-22)37-18-21(3)32(17-27-29-12-13-38-27)15-20(2)26(36-5)16-31(4)28(24)33/h6-14,20-21,26,30H,15-18H2,1-5H3/t20-,21-,26-/m0/s1. The number of hydrogen-bond acceptors (Lipinski definition) is 8. The first-order valence-corrected chi connectivity index (χ1v) is 15.2. The summed E-state index contributed by atoms with van der Waals surface area (Å²) in [6, 6.07) is 11.4. The molecule has 4 rings (SSSR count). The van der Waals surface area contributed by atoms with Gasteiger partial charge in [-0.1, -0.05) is 24.6 Å². The van der Waals surface area contributed by atoms with Crippen molar-refractivity contribution in [1.29, 1.82) is 0 Å². The van der Waals surface area contributed by atoms with Gasteiger partial charge in [-0.2, -0.15) is 0 Å². The van der Waals surface area contributed by atoms with Crippen molar-refractivity contribution in [2.24, 2.45) is 5.92 Å². The summed E-state index contributed by atoms with van der Waals surface area (Å²) in [6.45, 7) is 8.19. The van der Waals surface area contributed by atoms with Crippen LogP contribution in [0.25, 0.3) is 0 Å². The first kappa shape index (κ1) is 29.0. The zero-order chi connectivity index (χ0) is 28.2. The first-order chi connectivity index (χ1) is 18.6. The Morgan fingerprint density at radius 3 is 2.56 bits per heavy atom. The fourth-order valence-corrected chi connectivity index (χ4v) is 6.26. The Hall–Kier alpha value is -2.99. The molecule has 2 aromatic carbocycles. The minimum Gasteiger partial charge on any atom is -0.491 e. The van der Waals surface area contributed by atoms with Crippen LogP contribution >= 0.6 is 11.3 Å². The average molecular weight is 573 g/mol. The number of anilines is 1. The van der Waals surface area contributed by atoms with Crippen molar-refractivity contribution < 1.29 is 22.7 Å². The third-order valence-electron chi connectivity index (χ3n) is 6.98. The van der Waals surface area contributed by atoms with Crippen LogP contribution < -0.4 is 9.46 Å². The van der Waals surface area contributed by atoms with Crippen LogP contribution in [0.5, 0.6) is 5.75 Å². The molecule has 39 heavy (non-hydrogen) atoms. The van der Waals surface area contributed by atoms with E-state index in [9.17, 15) is 13.2 Å². The van der Waals surface area contributed by atoms with Crippen molar-refractivity contribution in [2.45, 2.75) is 44.4 Å². The van der Waals surface area contributed by atoms with E-state index in [2.05, 4.69) is 28.5 Å². The number of fused-ring (bicyclic) bond motifs is 1. The highest BCUT2D eigenvalue weighted by Gasteiger charge is 2.29. The van der Waals surface area contributed by atoms with Gasteiger partial charge in [-0.25, -0.2) is 13.4 Å². The van der Waals surface area contributed by atoms with Crippen LogP contribution in [0, 0.1) is 12.8 Å². The Morgan fingerprint density at radius 2 is 1.90 bits per heavy atom. The first-order valence-electron chi connectivity index (χ1n) is 12.8. The van der Waals surface area contributed by atoms with Crippen LogP contribution in [0.4, 0.5) is 5.69 Å². The van der Waals surface area contributed by atoms with E-state index in [1.165, 1.54) is 0 Å². The van der Waals surface area contributed by atoms with E-state index < -0.39 is 10.0 Å². The molecule has 0 spiro atoms. The number of methoxy groups -OCH3 is 1. The molecular weight excluding hydrogens is 536 g/mol. The summed E-state index contributed by atoms with van der Waals surface area (Å²) in [5, 5.41) is 2.97. The predicted octanol–water partition coefficient (Wildman–Crippen LogP) is 4.26. The number of sulfonamides is 1. The van der Waals surface area contributed by atoms with Crippen LogP contribution in [0.3, 0.4) is 0 Å². The molecule has 11 heteroatoms. The molecule has 0 saturated carbocycles. The number of hydrogen-bond donors (Lipinski definition) is 1. The van der Waals surface area contributed by atoms with Gasteiger partial charge < -0.3 is 14.4 Å². The van der Waals surface area contributed by atoms with Gasteiger partial charge in [-0.3, -0.25) is 14.4 Å². The number of amides is 1. The Bertz CT molecular complexity index is 1360. The molecule has 210 valence electrons. The van der Waals surface area contributed by atoms with Crippen LogP contribution in [-0.4, -0.2) is 75.1 Å². The molecule has 0 radical (unpaired) electrons. The molecule has 1 N–H and O–H groups in total. The largest absolute Gasteiger partial charge is 0.491 e. The van der Waals surface area contributed by atoms with Crippen LogP contribution in [0.2, 0.25) is 0 Å². The number of carbonyl (C=O) groups is 1. The van der Waals surface area contributed by atoms with Crippen molar-refractivity contribution in [3.63, 3.8) is 0 Å². The van der Waals surface area contributed by atoms with Crippen molar-refractivity contribution >= 4 is 33.0 Å². The number of nitrogens with one attached hydrogen (secondary N) is 1. The van der Waals surface area contributed by atoms with Crippen LogP contribution in [-0.2, 0) is 21.3 Å². The second-order valence-corrected chi connectivity index (χ2v) is 12.7. The highest BCUT2D eigenvalue weighted by atomic mass is 32.2. The number of thiazole rings is 1. The molecule has 2 heterocycles. The lowest BCUT2D eigenvalue weighted by Gasteiger charge is -2.35. The van der Waals surface area contributed by atoms with Gasteiger partial charge >= 0.3 is 0 Å². The maximum Gasteiger partial charge on any atom is 0.261 e. The minimum absolute atomic E-state index is 0.0122. The SMILES string of the molecule is CO[C@H]1CN(C)C(=O)c2ccc(NS(=O)(=O)c3ccc(C)cc3)cc2OC[C@H](C)N(Cc2nccs2)C[C@@H]1C. The van der Waals surface area contributed by atoms with Crippen LogP contribution in [0.1, 0.15) is 34.8 Å². The van der Waals surface area contributed by atoms with Gasteiger partial charge in [0.2, 0.25) is 0 Å². The Morgan fingerprint density at radius 1 is 1.15 bits per heavy atom. The lowest BCUT2D eigenvalue weighted by molar-refractivity contribution is 0.00921. The second kappa shape index (κ2) is 12.5. The third kappa shape index (κ3) is 7.16. The van der Waals surface area contributed by atoms with E-state index in [1.807, 2.05) is 12.3 Å². The molecule has 1 aliphatic heterocycles. The number of ether oxygens (including phenoxy) is 2. The zero-order valence-corrected chi connectivity index (χ0v) is 24.6. The molecule has 0 aliphatic carbocycles. The molecule has 0 bridgehead atoms. The highest BCUT2D eigenvalue weighted by Crippen LogP contribution is 2.28. The topological polar surface area (TPSA) is 101 Å². The molecule has 3 atom stereocenters. The molecule has 1 aromatic heterocycles. The summed E-state index contributed by atoms with van der Waals surface area (Å²) >= 11 is 1.61. The zero-order valence-electron chi connectivity index (χ0n) is 23.0. The highest BCUT2D eigenvalue weighted by molar-refractivity contribution is 7.92. The average Bonchev–Trinajstić information content (AvgIpc) is 3.42. The van der Waals surface area contributed by atoms with Gasteiger partial charge in [0.05, 0.1) is 28.8 Å². The Balaban J connectivity index is 1.65. The summed E-state index contributed by atoms with van der Waals surface area (Å²) in [5.74, 6) is 0.241. The number of benzene rings is 2. The number of carbonyl (C=O) groups excluding carboxylic acids is 1. The van der Waals surface area contributed by atoms with E-state index in [0.717, 1.165) is 17.1 Å². The molecule has 9 nitrogen and oxygen atoms in total. The Kier molecular flexibility index (Phi) is 9.27. The summed E-state index contributed by atoms with van der Waals surface area (Å²) in [4.78, 5) is 22.0. The lowest BCUT2D eigenvalue weighted by Crippen LogP contribution is -2.46. The van der Waals surface area contributed by atoms with Crippen molar-refractivity contribution in [2.75, 3.05) is 38.6 Å². The predicted molar refractivity (Wildman–Crippen MR) is 153 cm³/mol. The summed E-state index contributed by atoms with van der Waals surface area (Å²) in [7, 11) is -0.411. The quantitative estimate of drug-likeness (QED) is 0.471. The molecule has 0 unspecified atom stereocenters. The maximum absolute atomic E-state index is 13.5. The minimum atomic E-state index is -3.82. The number of rotatable bonds is 6. The van der Waals surface area contributed by atoms with Crippen molar-refractivity contribution in [1.82, 2.24) is 14.8 Å². The fraction of sp³-hybridized carbons (Fsp3) is 0.429. The van der Waals surface area contributed by atoms with Gasteiger partial charge in [0.15, 0.2) is 0 Å². The van der Waals surface area contributed by atoms with Crippen LogP contribution in [0.15, 0.2) is 58.9 Å². The van der Waals surface area contributed by atoms with Crippen molar-refractivity contribution in [3.05, 3.63) is 70.2 Å². The number of nitrogens with zero attached hydrogens (tertiary/aromatic N) is 3. The summed E-state index contributed by atoms with van der Waals surface area (Å²) in [6.07, 6.45) is 1.63. The number of aryl methyl sites for hydroxylation is 1. The van der Waals surface area contributed by atoms with E-state index >= 15 is 0 Å². The molecule has 1 amide bonds. The molecule has 0 saturated heterocycles. The van der Waals surface area contributed by atoms with Gasteiger partial charge in [-0.05, 0) is 44.0 Å². The Labute approximate surface area is 234 Å².